The molecule has 3 aromatic heterocycles. The Balaban J connectivity index is 1.69. The Kier molecular flexibility index (Phi) is 4.19. The maximum atomic E-state index is 12.0. The Morgan fingerprint density at radius 2 is 2.04 bits per heavy atom. The number of pyridine rings is 2. The molecule has 122 valence electrons. The minimum Gasteiger partial charge on any atom is -0.342 e. The summed E-state index contributed by atoms with van der Waals surface area (Å²) in [5.74, 6) is -1.26. The standard InChI is InChI=1S/C16H16N6O2/c1-9-7-10(2)19-13-12(9)14(22-21-13)20-16(24)15(23)18-8-11-5-3-4-6-17-11/h3-7H,8H2,1-2H3,(H,18,23)(H2,19,20,21,22,24). The first-order valence-corrected chi connectivity index (χ1v) is 7.36. The fraction of sp³-hybridized carbons (Fsp3) is 0.188. The van der Waals surface area contributed by atoms with Crippen molar-refractivity contribution >= 4 is 28.7 Å². The van der Waals surface area contributed by atoms with Gasteiger partial charge in [0.25, 0.3) is 0 Å². The van der Waals surface area contributed by atoms with Gasteiger partial charge in [-0.15, -0.1) is 0 Å². The van der Waals surface area contributed by atoms with E-state index in [0.717, 1.165) is 11.3 Å². The Bertz CT molecular complexity index is 904. The quantitative estimate of drug-likeness (QED) is 0.627. The van der Waals surface area contributed by atoms with Gasteiger partial charge in [-0.25, -0.2) is 4.98 Å². The number of nitrogens with one attached hydrogen (secondary N) is 3. The van der Waals surface area contributed by atoms with Crippen LogP contribution in [0.1, 0.15) is 17.0 Å². The van der Waals surface area contributed by atoms with Crippen LogP contribution in [0, 0.1) is 13.8 Å². The van der Waals surface area contributed by atoms with E-state index in [1.807, 2.05) is 26.0 Å². The van der Waals surface area contributed by atoms with Crippen molar-refractivity contribution in [3.05, 3.63) is 47.4 Å². The summed E-state index contributed by atoms with van der Waals surface area (Å²) in [5.41, 5.74) is 2.99. The fourth-order valence-corrected chi connectivity index (χ4v) is 2.39. The van der Waals surface area contributed by atoms with Crippen molar-refractivity contribution < 1.29 is 9.59 Å². The predicted octanol–water partition coefficient (Wildman–Crippen LogP) is 1.22. The van der Waals surface area contributed by atoms with Crippen molar-refractivity contribution in [2.75, 3.05) is 5.32 Å². The van der Waals surface area contributed by atoms with Gasteiger partial charge in [-0.2, -0.15) is 5.10 Å². The number of H-pyrrole nitrogens is 1. The monoisotopic (exact) mass is 324 g/mol. The van der Waals surface area contributed by atoms with Crippen LogP contribution in [0.3, 0.4) is 0 Å². The molecule has 3 heterocycles. The average molecular weight is 324 g/mol. The smallest absolute Gasteiger partial charge is 0.314 e. The third kappa shape index (κ3) is 3.22. The van der Waals surface area contributed by atoms with Gasteiger partial charge in [-0.3, -0.25) is 19.7 Å². The highest BCUT2D eigenvalue weighted by molar-refractivity contribution is 6.40. The number of aromatic amines is 1. The summed E-state index contributed by atoms with van der Waals surface area (Å²) in [6.07, 6.45) is 1.62. The number of carbonyl (C=O) groups excluding carboxylic acids is 2. The maximum Gasteiger partial charge on any atom is 0.314 e. The normalized spacial score (nSPS) is 10.6. The first-order valence-electron chi connectivity index (χ1n) is 7.36. The number of aromatic nitrogens is 4. The molecule has 3 N–H and O–H groups in total. The molecule has 0 radical (unpaired) electrons. The van der Waals surface area contributed by atoms with Gasteiger partial charge in [0.1, 0.15) is 0 Å². The molecule has 24 heavy (non-hydrogen) atoms. The molecule has 8 heteroatoms. The fourth-order valence-electron chi connectivity index (χ4n) is 2.39. The summed E-state index contributed by atoms with van der Waals surface area (Å²) in [4.78, 5) is 32.3. The van der Waals surface area contributed by atoms with E-state index in [9.17, 15) is 9.59 Å². The lowest BCUT2D eigenvalue weighted by atomic mass is 10.2. The number of hydrogen-bond acceptors (Lipinski definition) is 5. The molecular formula is C16H16N6O2. The molecule has 0 aromatic carbocycles. The van der Waals surface area contributed by atoms with Crippen molar-refractivity contribution in [3.63, 3.8) is 0 Å². The molecule has 0 unspecified atom stereocenters. The lowest BCUT2D eigenvalue weighted by molar-refractivity contribution is -0.136. The molecular weight excluding hydrogens is 308 g/mol. The molecule has 0 fully saturated rings. The van der Waals surface area contributed by atoms with Crippen molar-refractivity contribution in [1.29, 1.82) is 0 Å². The molecule has 0 saturated carbocycles. The first kappa shape index (κ1) is 15.6. The zero-order chi connectivity index (χ0) is 17.1. The maximum absolute atomic E-state index is 12.0. The van der Waals surface area contributed by atoms with Crippen LogP contribution in [0.15, 0.2) is 30.5 Å². The van der Waals surface area contributed by atoms with Gasteiger partial charge in [-0.05, 0) is 37.6 Å². The third-order valence-electron chi connectivity index (χ3n) is 3.45. The minimum absolute atomic E-state index is 0.175. The topological polar surface area (TPSA) is 113 Å². The zero-order valence-corrected chi connectivity index (χ0v) is 13.3. The van der Waals surface area contributed by atoms with Gasteiger partial charge in [0.2, 0.25) is 0 Å². The number of amides is 2. The van der Waals surface area contributed by atoms with Gasteiger partial charge in [0.15, 0.2) is 11.5 Å². The number of fused-ring (bicyclic) bond motifs is 1. The largest absolute Gasteiger partial charge is 0.342 e. The average Bonchev–Trinajstić information content (AvgIpc) is 2.96. The van der Waals surface area contributed by atoms with E-state index in [1.165, 1.54) is 0 Å². The van der Waals surface area contributed by atoms with Crippen LogP contribution in [0.5, 0.6) is 0 Å². The van der Waals surface area contributed by atoms with Crippen molar-refractivity contribution in [1.82, 2.24) is 25.5 Å². The van der Waals surface area contributed by atoms with Crippen LogP contribution < -0.4 is 10.6 Å². The number of anilines is 1. The number of carbonyl (C=O) groups is 2. The Morgan fingerprint density at radius 3 is 2.79 bits per heavy atom. The van der Waals surface area contributed by atoms with Crippen LogP contribution in [-0.2, 0) is 16.1 Å². The predicted molar refractivity (Wildman–Crippen MR) is 88.1 cm³/mol. The van der Waals surface area contributed by atoms with E-state index >= 15 is 0 Å². The van der Waals surface area contributed by atoms with Gasteiger partial charge in [0, 0.05) is 11.9 Å². The summed E-state index contributed by atoms with van der Waals surface area (Å²) in [7, 11) is 0. The van der Waals surface area contributed by atoms with Crippen molar-refractivity contribution in [3.8, 4) is 0 Å². The second-order valence-corrected chi connectivity index (χ2v) is 5.33. The third-order valence-corrected chi connectivity index (χ3v) is 3.45. The van der Waals surface area contributed by atoms with Crippen LogP contribution in [0.2, 0.25) is 0 Å². The summed E-state index contributed by atoms with van der Waals surface area (Å²) in [5, 5.41) is 12.5. The number of hydrogen-bond donors (Lipinski definition) is 3. The summed E-state index contributed by atoms with van der Waals surface area (Å²) in [6.45, 7) is 3.94. The highest BCUT2D eigenvalue weighted by atomic mass is 16.2. The molecule has 3 aromatic rings. The molecule has 0 bridgehead atoms. The molecule has 2 amide bonds. The van der Waals surface area contributed by atoms with E-state index < -0.39 is 11.8 Å². The van der Waals surface area contributed by atoms with Crippen molar-refractivity contribution in [2.45, 2.75) is 20.4 Å². The SMILES string of the molecule is Cc1cc(C)c2c(NC(=O)C(=O)NCc3ccccn3)n[nH]c2n1. The number of aryl methyl sites for hydroxylation is 2. The molecule has 0 aliphatic rings. The van der Waals surface area contributed by atoms with Gasteiger partial charge >= 0.3 is 11.8 Å². The van der Waals surface area contributed by atoms with E-state index in [-0.39, 0.29) is 12.4 Å². The highest BCUT2D eigenvalue weighted by Crippen LogP contribution is 2.23. The van der Waals surface area contributed by atoms with E-state index in [1.54, 1.807) is 18.3 Å². The van der Waals surface area contributed by atoms with Crippen LogP contribution in [-0.4, -0.2) is 32.0 Å². The molecule has 3 rings (SSSR count). The Hall–Kier alpha value is -3.29. The Morgan fingerprint density at radius 1 is 1.21 bits per heavy atom. The second-order valence-electron chi connectivity index (χ2n) is 5.33. The minimum atomic E-state index is -0.792. The molecule has 8 nitrogen and oxygen atoms in total. The van der Waals surface area contributed by atoms with Crippen LogP contribution in [0.25, 0.3) is 11.0 Å². The van der Waals surface area contributed by atoms with E-state index in [0.29, 0.717) is 16.7 Å². The zero-order valence-electron chi connectivity index (χ0n) is 13.3. The molecule has 0 aliphatic carbocycles. The molecule has 0 atom stereocenters. The molecule has 0 spiro atoms. The summed E-state index contributed by atoms with van der Waals surface area (Å²) >= 11 is 0. The van der Waals surface area contributed by atoms with Gasteiger partial charge in [-0.1, -0.05) is 6.07 Å². The van der Waals surface area contributed by atoms with Gasteiger partial charge < -0.3 is 10.6 Å². The first-order chi connectivity index (χ1) is 11.5. The highest BCUT2D eigenvalue weighted by Gasteiger charge is 2.18. The second kappa shape index (κ2) is 6.45. The van der Waals surface area contributed by atoms with E-state index in [2.05, 4.69) is 30.8 Å². The van der Waals surface area contributed by atoms with Crippen LogP contribution >= 0.6 is 0 Å². The van der Waals surface area contributed by atoms with E-state index in [4.69, 9.17) is 0 Å². The molecule has 0 aliphatic heterocycles. The number of rotatable bonds is 3. The number of nitrogens with zero attached hydrogens (tertiary/aromatic N) is 3. The van der Waals surface area contributed by atoms with Crippen molar-refractivity contribution in [2.24, 2.45) is 0 Å². The Labute approximate surface area is 137 Å². The molecule has 0 saturated heterocycles. The van der Waals surface area contributed by atoms with Gasteiger partial charge in [0.05, 0.1) is 17.6 Å². The summed E-state index contributed by atoms with van der Waals surface area (Å²) in [6, 6.07) is 7.23. The lowest BCUT2D eigenvalue weighted by Gasteiger charge is -2.05. The van der Waals surface area contributed by atoms with Crippen LogP contribution in [0.4, 0.5) is 5.82 Å². The lowest BCUT2D eigenvalue weighted by Crippen LogP contribution is -2.35. The summed E-state index contributed by atoms with van der Waals surface area (Å²) < 4.78 is 0.